The van der Waals surface area contributed by atoms with Crippen LogP contribution in [0, 0.1) is 6.92 Å². The molecule has 0 spiro atoms. The van der Waals surface area contributed by atoms with Crippen LogP contribution in [0.3, 0.4) is 0 Å². The molecular weight excluding hydrogens is 198 g/mol. The van der Waals surface area contributed by atoms with Crippen LogP contribution in [-0.4, -0.2) is 23.9 Å². The smallest absolute Gasteiger partial charge is 0.253 e. The predicted octanol–water partition coefficient (Wildman–Crippen LogP) is 3.26. The van der Waals surface area contributed by atoms with Crippen molar-refractivity contribution < 1.29 is 4.79 Å². The van der Waals surface area contributed by atoms with Gasteiger partial charge in [-0.25, -0.2) is 0 Å². The van der Waals surface area contributed by atoms with Crippen LogP contribution in [0.1, 0.15) is 42.6 Å². The topological polar surface area (TPSA) is 20.3 Å². The summed E-state index contributed by atoms with van der Waals surface area (Å²) < 4.78 is 0. The van der Waals surface area contributed by atoms with E-state index in [2.05, 4.69) is 6.92 Å². The highest BCUT2D eigenvalue weighted by Crippen LogP contribution is 2.08. The van der Waals surface area contributed by atoms with Gasteiger partial charge in [0.2, 0.25) is 0 Å². The minimum Gasteiger partial charge on any atom is -0.339 e. The first-order valence-corrected chi connectivity index (χ1v) is 6.05. The minimum absolute atomic E-state index is 0.152. The molecule has 0 heterocycles. The lowest BCUT2D eigenvalue weighted by atomic mass is 10.1. The van der Waals surface area contributed by atoms with E-state index in [1.807, 2.05) is 43.0 Å². The molecule has 2 nitrogen and oxygen atoms in total. The number of carbonyl (C=O) groups excluding carboxylic acids is 1. The molecule has 0 aliphatic carbocycles. The number of rotatable bonds is 5. The number of nitrogens with zero attached hydrogens (tertiary/aromatic N) is 1. The molecule has 16 heavy (non-hydrogen) atoms. The summed E-state index contributed by atoms with van der Waals surface area (Å²) in [6, 6.07) is 7.80. The summed E-state index contributed by atoms with van der Waals surface area (Å²) in [6.45, 7) is 7.83. The van der Waals surface area contributed by atoms with Crippen molar-refractivity contribution in [3.05, 3.63) is 35.4 Å². The Labute approximate surface area is 98.3 Å². The molecule has 0 atom stereocenters. The molecule has 1 amide bonds. The van der Waals surface area contributed by atoms with Crippen molar-refractivity contribution in [2.24, 2.45) is 0 Å². The Kier molecular flexibility index (Phi) is 5.03. The highest BCUT2D eigenvalue weighted by atomic mass is 16.2. The Morgan fingerprint density at radius 1 is 1.31 bits per heavy atom. The van der Waals surface area contributed by atoms with Gasteiger partial charge in [-0.3, -0.25) is 4.79 Å². The van der Waals surface area contributed by atoms with E-state index in [-0.39, 0.29) is 5.91 Å². The highest BCUT2D eigenvalue weighted by molar-refractivity contribution is 5.94. The van der Waals surface area contributed by atoms with Crippen LogP contribution in [0.25, 0.3) is 0 Å². The van der Waals surface area contributed by atoms with Crippen molar-refractivity contribution >= 4 is 5.91 Å². The van der Waals surface area contributed by atoms with Gasteiger partial charge in [0.15, 0.2) is 0 Å². The summed E-state index contributed by atoms with van der Waals surface area (Å²) in [5.74, 6) is 0.152. The number of hydrogen-bond acceptors (Lipinski definition) is 1. The molecule has 0 unspecified atom stereocenters. The van der Waals surface area contributed by atoms with Crippen LogP contribution < -0.4 is 0 Å². The second-order valence-corrected chi connectivity index (χ2v) is 4.11. The van der Waals surface area contributed by atoms with E-state index in [0.29, 0.717) is 0 Å². The summed E-state index contributed by atoms with van der Waals surface area (Å²) in [5.41, 5.74) is 1.94. The Hall–Kier alpha value is -1.31. The molecule has 1 aromatic carbocycles. The maximum absolute atomic E-state index is 12.2. The van der Waals surface area contributed by atoms with Crippen LogP contribution >= 0.6 is 0 Å². The molecule has 1 aromatic rings. The van der Waals surface area contributed by atoms with Gasteiger partial charge in [-0.2, -0.15) is 0 Å². The fourth-order valence-electron chi connectivity index (χ4n) is 1.71. The first-order chi connectivity index (χ1) is 7.69. The number of benzene rings is 1. The van der Waals surface area contributed by atoms with E-state index in [9.17, 15) is 4.79 Å². The number of unbranched alkanes of at least 4 members (excludes halogenated alkanes) is 1. The summed E-state index contributed by atoms with van der Waals surface area (Å²) in [5, 5.41) is 0. The monoisotopic (exact) mass is 219 g/mol. The number of amides is 1. The third-order valence-electron chi connectivity index (χ3n) is 2.72. The Morgan fingerprint density at radius 2 is 2.06 bits per heavy atom. The molecular formula is C14H21NO. The fourth-order valence-corrected chi connectivity index (χ4v) is 1.71. The third kappa shape index (κ3) is 3.37. The van der Waals surface area contributed by atoms with Gasteiger partial charge < -0.3 is 4.90 Å². The second kappa shape index (κ2) is 6.31. The molecule has 0 aromatic heterocycles. The lowest BCUT2D eigenvalue weighted by Gasteiger charge is -2.20. The quantitative estimate of drug-likeness (QED) is 0.744. The normalized spacial score (nSPS) is 10.2. The van der Waals surface area contributed by atoms with E-state index in [1.54, 1.807) is 0 Å². The average molecular weight is 219 g/mol. The molecule has 1 rings (SSSR count). The predicted molar refractivity (Wildman–Crippen MR) is 67.7 cm³/mol. The summed E-state index contributed by atoms with van der Waals surface area (Å²) in [4.78, 5) is 14.1. The SMILES string of the molecule is CCCCN(CC)C(=O)c1cccc(C)c1. The fraction of sp³-hybridized carbons (Fsp3) is 0.500. The van der Waals surface area contributed by atoms with Crippen molar-refractivity contribution in [3.8, 4) is 0 Å². The van der Waals surface area contributed by atoms with Crippen molar-refractivity contribution in [1.82, 2.24) is 4.90 Å². The molecule has 0 aliphatic heterocycles. The zero-order chi connectivity index (χ0) is 12.0. The number of hydrogen-bond donors (Lipinski definition) is 0. The van der Waals surface area contributed by atoms with Gasteiger partial charge in [0.1, 0.15) is 0 Å². The zero-order valence-corrected chi connectivity index (χ0v) is 10.5. The molecule has 0 fully saturated rings. The van der Waals surface area contributed by atoms with Crippen molar-refractivity contribution in [3.63, 3.8) is 0 Å². The summed E-state index contributed by atoms with van der Waals surface area (Å²) in [6.07, 6.45) is 2.20. The van der Waals surface area contributed by atoms with Gasteiger partial charge in [0, 0.05) is 18.7 Å². The molecule has 0 saturated carbocycles. The van der Waals surface area contributed by atoms with Crippen LogP contribution in [-0.2, 0) is 0 Å². The van der Waals surface area contributed by atoms with E-state index < -0.39 is 0 Å². The lowest BCUT2D eigenvalue weighted by Crippen LogP contribution is -2.31. The largest absolute Gasteiger partial charge is 0.339 e. The first kappa shape index (κ1) is 12.8. The maximum Gasteiger partial charge on any atom is 0.253 e. The Bertz CT molecular complexity index is 346. The molecule has 0 saturated heterocycles. The van der Waals surface area contributed by atoms with Gasteiger partial charge in [-0.05, 0) is 32.4 Å². The van der Waals surface area contributed by atoms with E-state index in [4.69, 9.17) is 0 Å². The van der Waals surface area contributed by atoms with Gasteiger partial charge in [0.25, 0.3) is 5.91 Å². The second-order valence-electron chi connectivity index (χ2n) is 4.11. The van der Waals surface area contributed by atoms with Crippen LogP contribution in [0.2, 0.25) is 0 Å². The molecule has 88 valence electrons. The number of aryl methyl sites for hydroxylation is 1. The Balaban J connectivity index is 2.74. The third-order valence-corrected chi connectivity index (χ3v) is 2.72. The van der Waals surface area contributed by atoms with Gasteiger partial charge in [-0.15, -0.1) is 0 Å². The van der Waals surface area contributed by atoms with Crippen LogP contribution in [0.5, 0.6) is 0 Å². The number of carbonyl (C=O) groups is 1. The zero-order valence-electron chi connectivity index (χ0n) is 10.5. The molecule has 0 bridgehead atoms. The summed E-state index contributed by atoms with van der Waals surface area (Å²) in [7, 11) is 0. The van der Waals surface area contributed by atoms with Crippen LogP contribution in [0.15, 0.2) is 24.3 Å². The van der Waals surface area contributed by atoms with Gasteiger partial charge >= 0.3 is 0 Å². The van der Waals surface area contributed by atoms with E-state index in [0.717, 1.165) is 37.1 Å². The van der Waals surface area contributed by atoms with Gasteiger partial charge in [0.05, 0.1) is 0 Å². The first-order valence-electron chi connectivity index (χ1n) is 6.05. The molecule has 0 radical (unpaired) electrons. The highest BCUT2D eigenvalue weighted by Gasteiger charge is 2.12. The molecule has 2 heteroatoms. The van der Waals surface area contributed by atoms with Crippen molar-refractivity contribution in [2.75, 3.05) is 13.1 Å². The minimum atomic E-state index is 0.152. The average Bonchev–Trinajstić information content (AvgIpc) is 2.29. The van der Waals surface area contributed by atoms with Crippen LogP contribution in [0.4, 0.5) is 0 Å². The van der Waals surface area contributed by atoms with E-state index in [1.165, 1.54) is 0 Å². The van der Waals surface area contributed by atoms with Gasteiger partial charge in [-0.1, -0.05) is 31.0 Å². The summed E-state index contributed by atoms with van der Waals surface area (Å²) >= 11 is 0. The maximum atomic E-state index is 12.2. The lowest BCUT2D eigenvalue weighted by molar-refractivity contribution is 0.0762. The molecule has 0 aliphatic rings. The van der Waals surface area contributed by atoms with E-state index >= 15 is 0 Å². The Morgan fingerprint density at radius 3 is 2.62 bits per heavy atom. The van der Waals surface area contributed by atoms with Crippen molar-refractivity contribution in [2.45, 2.75) is 33.6 Å². The van der Waals surface area contributed by atoms with Crippen molar-refractivity contribution in [1.29, 1.82) is 0 Å². The molecule has 0 N–H and O–H groups in total. The standard InChI is InChI=1S/C14H21NO/c1-4-6-10-15(5-2)14(16)13-9-7-8-12(3)11-13/h7-9,11H,4-6,10H2,1-3H3.